The van der Waals surface area contributed by atoms with Crippen LogP contribution in [0.3, 0.4) is 0 Å². The monoisotopic (exact) mass is 419 g/mol. The van der Waals surface area contributed by atoms with Crippen LogP contribution in [0.25, 0.3) is 0 Å². The molecule has 1 amide bonds. The third-order valence-electron chi connectivity index (χ3n) is 5.36. The zero-order valence-corrected chi connectivity index (χ0v) is 17.8. The predicted octanol–water partition coefficient (Wildman–Crippen LogP) is 4.38. The van der Waals surface area contributed by atoms with Gasteiger partial charge in [0.15, 0.2) is 0 Å². The van der Waals surface area contributed by atoms with Crippen molar-refractivity contribution in [3.05, 3.63) is 65.7 Å². The van der Waals surface area contributed by atoms with Gasteiger partial charge in [0.1, 0.15) is 5.82 Å². The van der Waals surface area contributed by atoms with E-state index in [9.17, 15) is 9.18 Å². The van der Waals surface area contributed by atoms with E-state index in [4.69, 9.17) is 0 Å². The summed E-state index contributed by atoms with van der Waals surface area (Å²) in [5.41, 5.74) is 1.86. The maximum Gasteiger partial charge on any atom is 0.223 e. The summed E-state index contributed by atoms with van der Waals surface area (Å²) < 4.78 is 13.4. The van der Waals surface area contributed by atoms with Crippen molar-refractivity contribution in [2.45, 2.75) is 51.6 Å². The second kappa shape index (κ2) is 11.9. The quantitative estimate of drug-likeness (QED) is 0.724. The number of rotatable bonds is 7. The molecule has 2 unspecified atom stereocenters. The summed E-state index contributed by atoms with van der Waals surface area (Å²) in [5, 5.41) is 3.42. The molecule has 0 spiro atoms. The highest BCUT2D eigenvalue weighted by Gasteiger charge is 2.26. The van der Waals surface area contributed by atoms with Crippen LogP contribution in [0, 0.1) is 11.7 Å². The zero-order chi connectivity index (χ0) is 19.8. The van der Waals surface area contributed by atoms with Gasteiger partial charge in [-0.1, -0.05) is 25.1 Å². The minimum Gasteiger partial charge on any atom is -0.334 e. The number of carbonyl (C=O) groups is 1. The number of amides is 1. The Bertz CT molecular complexity index is 751. The van der Waals surface area contributed by atoms with Crippen molar-refractivity contribution in [3.8, 4) is 0 Å². The molecule has 1 aromatic carbocycles. The fourth-order valence-electron chi connectivity index (χ4n) is 3.95. The van der Waals surface area contributed by atoms with Crippen LogP contribution in [0.1, 0.15) is 43.9 Å². The number of pyridine rings is 1. The van der Waals surface area contributed by atoms with Crippen molar-refractivity contribution < 1.29 is 9.18 Å². The highest BCUT2D eigenvalue weighted by molar-refractivity contribution is 5.85. The molecule has 0 radical (unpaired) electrons. The van der Waals surface area contributed by atoms with Crippen molar-refractivity contribution in [3.63, 3.8) is 0 Å². The van der Waals surface area contributed by atoms with Gasteiger partial charge < -0.3 is 10.2 Å². The standard InChI is InChI=1S/C23H30FN3O.ClH/c1-18(14-19-6-4-7-20(24)16-19)15-23(28)27(17-21-8-2-3-12-26-21)22-9-5-11-25-13-10-22;/h2-4,6-8,12,16,18,22,25H,5,9-11,13-15,17H2,1H3;1H. The van der Waals surface area contributed by atoms with Gasteiger partial charge in [0, 0.05) is 18.7 Å². The van der Waals surface area contributed by atoms with E-state index in [-0.39, 0.29) is 36.1 Å². The van der Waals surface area contributed by atoms with Crippen LogP contribution >= 0.6 is 12.4 Å². The van der Waals surface area contributed by atoms with Gasteiger partial charge >= 0.3 is 0 Å². The maximum absolute atomic E-state index is 13.4. The average Bonchev–Trinajstić information content (AvgIpc) is 2.96. The van der Waals surface area contributed by atoms with Gasteiger partial charge in [0.05, 0.1) is 12.2 Å². The molecule has 158 valence electrons. The normalized spacial score (nSPS) is 17.7. The van der Waals surface area contributed by atoms with Crippen LogP contribution in [0.15, 0.2) is 48.7 Å². The topological polar surface area (TPSA) is 45.2 Å². The lowest BCUT2D eigenvalue weighted by molar-refractivity contribution is -0.135. The summed E-state index contributed by atoms with van der Waals surface area (Å²) in [7, 11) is 0. The van der Waals surface area contributed by atoms with E-state index in [2.05, 4.69) is 17.2 Å². The molecule has 2 aromatic rings. The second-order valence-corrected chi connectivity index (χ2v) is 7.82. The molecule has 4 nitrogen and oxygen atoms in total. The summed E-state index contributed by atoms with van der Waals surface area (Å²) in [6.45, 7) is 4.57. The fraction of sp³-hybridized carbons (Fsp3) is 0.478. The summed E-state index contributed by atoms with van der Waals surface area (Å²) in [4.78, 5) is 19.7. The fourth-order valence-corrected chi connectivity index (χ4v) is 3.95. The average molecular weight is 420 g/mol. The van der Waals surface area contributed by atoms with Gasteiger partial charge in [-0.25, -0.2) is 4.39 Å². The third kappa shape index (κ3) is 7.41. The van der Waals surface area contributed by atoms with E-state index in [1.54, 1.807) is 18.3 Å². The minimum atomic E-state index is -0.223. The lowest BCUT2D eigenvalue weighted by Crippen LogP contribution is -2.41. The molecule has 3 rings (SSSR count). The number of benzene rings is 1. The SMILES string of the molecule is CC(CC(=O)N(Cc1ccccn1)C1CCCNCC1)Cc1cccc(F)c1.Cl. The lowest BCUT2D eigenvalue weighted by atomic mass is 9.96. The molecule has 1 saturated heterocycles. The number of halogens is 2. The molecular weight excluding hydrogens is 389 g/mol. The van der Waals surface area contributed by atoms with E-state index >= 15 is 0 Å². The molecule has 0 saturated carbocycles. The van der Waals surface area contributed by atoms with Crippen molar-refractivity contribution in [2.75, 3.05) is 13.1 Å². The van der Waals surface area contributed by atoms with E-state index < -0.39 is 0 Å². The Morgan fingerprint density at radius 2 is 2.10 bits per heavy atom. The van der Waals surface area contributed by atoms with Crippen LogP contribution in [-0.4, -0.2) is 34.9 Å². The van der Waals surface area contributed by atoms with Crippen molar-refractivity contribution in [1.82, 2.24) is 15.2 Å². The summed E-state index contributed by atoms with van der Waals surface area (Å²) in [6.07, 6.45) is 6.01. The van der Waals surface area contributed by atoms with Gasteiger partial charge in [-0.05, 0) is 74.5 Å². The number of nitrogens with zero attached hydrogens (tertiary/aromatic N) is 2. The Kier molecular flexibility index (Phi) is 9.55. The summed E-state index contributed by atoms with van der Waals surface area (Å²) in [6, 6.07) is 12.7. The third-order valence-corrected chi connectivity index (χ3v) is 5.36. The molecule has 29 heavy (non-hydrogen) atoms. The molecule has 1 aliphatic rings. The predicted molar refractivity (Wildman–Crippen MR) is 116 cm³/mol. The molecule has 1 fully saturated rings. The van der Waals surface area contributed by atoms with Crippen LogP contribution in [0.5, 0.6) is 0 Å². The van der Waals surface area contributed by atoms with Gasteiger partial charge in [-0.3, -0.25) is 9.78 Å². The van der Waals surface area contributed by atoms with Crippen LogP contribution in [0.2, 0.25) is 0 Å². The van der Waals surface area contributed by atoms with Gasteiger partial charge in [0.2, 0.25) is 5.91 Å². The Hall–Kier alpha value is -1.98. The molecule has 1 N–H and O–H groups in total. The minimum absolute atomic E-state index is 0. The second-order valence-electron chi connectivity index (χ2n) is 7.82. The first-order chi connectivity index (χ1) is 13.6. The van der Waals surface area contributed by atoms with Crippen molar-refractivity contribution >= 4 is 18.3 Å². The first-order valence-electron chi connectivity index (χ1n) is 10.3. The van der Waals surface area contributed by atoms with Crippen molar-refractivity contribution in [1.29, 1.82) is 0 Å². The molecule has 6 heteroatoms. The van der Waals surface area contributed by atoms with E-state index in [0.717, 1.165) is 43.6 Å². The number of nitrogens with one attached hydrogen (secondary N) is 1. The summed E-state index contributed by atoms with van der Waals surface area (Å²) >= 11 is 0. The molecule has 2 atom stereocenters. The summed E-state index contributed by atoms with van der Waals surface area (Å²) in [5.74, 6) is 0.102. The van der Waals surface area contributed by atoms with Gasteiger partial charge in [-0.2, -0.15) is 0 Å². The van der Waals surface area contributed by atoms with Gasteiger partial charge in [-0.15, -0.1) is 12.4 Å². The zero-order valence-electron chi connectivity index (χ0n) is 17.0. The maximum atomic E-state index is 13.4. The first-order valence-corrected chi connectivity index (χ1v) is 10.3. The molecule has 2 heterocycles. The smallest absolute Gasteiger partial charge is 0.223 e. The van der Waals surface area contributed by atoms with Gasteiger partial charge in [0.25, 0.3) is 0 Å². The Labute approximate surface area is 179 Å². The molecule has 1 aliphatic heterocycles. The van der Waals surface area contributed by atoms with Crippen LogP contribution < -0.4 is 5.32 Å². The lowest BCUT2D eigenvalue weighted by Gasteiger charge is -2.32. The number of hydrogen-bond donors (Lipinski definition) is 1. The highest BCUT2D eigenvalue weighted by atomic mass is 35.5. The number of hydrogen-bond acceptors (Lipinski definition) is 3. The molecule has 0 aliphatic carbocycles. The van der Waals surface area contributed by atoms with E-state index in [1.165, 1.54) is 6.07 Å². The van der Waals surface area contributed by atoms with E-state index in [1.807, 2.05) is 29.2 Å². The molecular formula is C23H31ClFN3O. The largest absolute Gasteiger partial charge is 0.334 e. The van der Waals surface area contributed by atoms with Crippen LogP contribution in [-0.2, 0) is 17.8 Å². The number of carbonyl (C=O) groups excluding carboxylic acids is 1. The Morgan fingerprint density at radius 3 is 2.86 bits per heavy atom. The van der Waals surface area contributed by atoms with E-state index in [0.29, 0.717) is 19.4 Å². The molecule has 0 bridgehead atoms. The first kappa shape index (κ1) is 23.3. The highest BCUT2D eigenvalue weighted by Crippen LogP contribution is 2.21. The number of aromatic nitrogens is 1. The Balaban J connectivity index is 0.00000300. The Morgan fingerprint density at radius 1 is 1.24 bits per heavy atom. The molecule has 1 aromatic heterocycles. The van der Waals surface area contributed by atoms with Crippen LogP contribution in [0.4, 0.5) is 4.39 Å². The van der Waals surface area contributed by atoms with Crippen molar-refractivity contribution in [2.24, 2.45) is 5.92 Å².